The van der Waals surface area contributed by atoms with E-state index in [1.54, 1.807) is 0 Å². The van der Waals surface area contributed by atoms with Gasteiger partial charge in [0.25, 0.3) is 0 Å². The Morgan fingerprint density at radius 2 is 1.88 bits per heavy atom. The van der Waals surface area contributed by atoms with Crippen LogP contribution in [0.2, 0.25) is 0 Å². The molecule has 1 unspecified atom stereocenters. The predicted molar refractivity (Wildman–Crippen MR) is 75.1 cm³/mol. The molecule has 2 N–H and O–H groups in total. The number of nitrogens with zero attached hydrogens (tertiary/aromatic N) is 2. The minimum Gasteiger partial charge on any atom is -0.330 e. The summed E-state index contributed by atoms with van der Waals surface area (Å²) in [4.78, 5) is 5.09. The maximum atomic E-state index is 5.86. The third-order valence-electron chi connectivity index (χ3n) is 4.40. The van der Waals surface area contributed by atoms with Gasteiger partial charge in [0.2, 0.25) is 0 Å². The van der Waals surface area contributed by atoms with E-state index >= 15 is 0 Å². The SMILES string of the molecule is CCN1CCC(N(C)CC(CN)C(C)C)CC1. The highest BCUT2D eigenvalue weighted by molar-refractivity contribution is 4.79. The summed E-state index contributed by atoms with van der Waals surface area (Å²) < 4.78 is 0. The smallest absolute Gasteiger partial charge is 0.0117 e. The largest absolute Gasteiger partial charge is 0.330 e. The van der Waals surface area contributed by atoms with Crippen LogP contribution in [0.1, 0.15) is 33.6 Å². The second-order valence-electron chi connectivity index (χ2n) is 5.84. The Morgan fingerprint density at radius 3 is 2.29 bits per heavy atom. The van der Waals surface area contributed by atoms with E-state index in [9.17, 15) is 0 Å². The molecule has 1 rings (SSSR count). The fourth-order valence-corrected chi connectivity index (χ4v) is 2.75. The fourth-order valence-electron chi connectivity index (χ4n) is 2.75. The van der Waals surface area contributed by atoms with Gasteiger partial charge in [-0.05, 0) is 57.9 Å². The van der Waals surface area contributed by atoms with Gasteiger partial charge in [0, 0.05) is 12.6 Å². The summed E-state index contributed by atoms with van der Waals surface area (Å²) in [5.74, 6) is 1.34. The van der Waals surface area contributed by atoms with Crippen molar-refractivity contribution < 1.29 is 0 Å². The molecule has 0 radical (unpaired) electrons. The molecule has 0 saturated carbocycles. The van der Waals surface area contributed by atoms with E-state index in [2.05, 4.69) is 37.6 Å². The molecule has 0 aromatic heterocycles. The second-order valence-corrected chi connectivity index (χ2v) is 5.84. The predicted octanol–water partition coefficient (Wildman–Crippen LogP) is 1.63. The summed E-state index contributed by atoms with van der Waals surface area (Å²) >= 11 is 0. The lowest BCUT2D eigenvalue weighted by atomic mass is 9.94. The van der Waals surface area contributed by atoms with Crippen LogP contribution in [0.15, 0.2) is 0 Å². The maximum Gasteiger partial charge on any atom is 0.0117 e. The summed E-state index contributed by atoms with van der Waals surface area (Å²) in [5.41, 5.74) is 5.86. The summed E-state index contributed by atoms with van der Waals surface area (Å²) in [6.07, 6.45) is 2.64. The number of likely N-dealkylation sites (tertiary alicyclic amines) is 1. The second kappa shape index (κ2) is 7.34. The number of rotatable bonds is 6. The minimum absolute atomic E-state index is 0.643. The minimum atomic E-state index is 0.643. The van der Waals surface area contributed by atoms with Gasteiger partial charge < -0.3 is 15.5 Å². The van der Waals surface area contributed by atoms with E-state index in [1.165, 1.54) is 32.5 Å². The highest BCUT2D eigenvalue weighted by Gasteiger charge is 2.23. The van der Waals surface area contributed by atoms with Gasteiger partial charge in [-0.25, -0.2) is 0 Å². The van der Waals surface area contributed by atoms with Gasteiger partial charge in [-0.1, -0.05) is 20.8 Å². The van der Waals surface area contributed by atoms with E-state index in [1.807, 2.05) is 0 Å². The van der Waals surface area contributed by atoms with Crippen molar-refractivity contribution in [2.45, 2.75) is 39.7 Å². The summed E-state index contributed by atoms with van der Waals surface area (Å²) in [6.45, 7) is 12.5. The van der Waals surface area contributed by atoms with Crippen molar-refractivity contribution in [1.29, 1.82) is 0 Å². The van der Waals surface area contributed by atoms with Gasteiger partial charge in [0.1, 0.15) is 0 Å². The Kier molecular flexibility index (Phi) is 6.45. The van der Waals surface area contributed by atoms with Crippen LogP contribution in [0, 0.1) is 11.8 Å². The van der Waals surface area contributed by atoms with Crippen molar-refractivity contribution in [2.24, 2.45) is 17.6 Å². The van der Waals surface area contributed by atoms with Gasteiger partial charge in [-0.2, -0.15) is 0 Å². The zero-order chi connectivity index (χ0) is 12.8. The molecule has 102 valence electrons. The topological polar surface area (TPSA) is 32.5 Å². The number of hydrogen-bond donors (Lipinski definition) is 1. The van der Waals surface area contributed by atoms with Gasteiger partial charge in [0.05, 0.1) is 0 Å². The molecule has 0 aliphatic carbocycles. The Hall–Kier alpha value is -0.120. The quantitative estimate of drug-likeness (QED) is 0.767. The zero-order valence-corrected chi connectivity index (χ0v) is 12.2. The molecule has 1 heterocycles. The Bertz CT molecular complexity index is 198. The first-order chi connectivity index (χ1) is 8.08. The van der Waals surface area contributed by atoms with Crippen LogP contribution in [-0.2, 0) is 0 Å². The normalized spacial score (nSPS) is 21.4. The maximum absolute atomic E-state index is 5.86. The third-order valence-corrected chi connectivity index (χ3v) is 4.40. The lowest BCUT2D eigenvalue weighted by molar-refractivity contribution is 0.112. The van der Waals surface area contributed by atoms with E-state index in [4.69, 9.17) is 5.73 Å². The van der Waals surface area contributed by atoms with Crippen molar-refractivity contribution in [3.63, 3.8) is 0 Å². The molecule has 0 spiro atoms. The summed E-state index contributed by atoms with van der Waals surface area (Å²) in [5, 5.41) is 0. The molecule has 1 aliphatic heterocycles. The number of hydrogen-bond acceptors (Lipinski definition) is 3. The van der Waals surface area contributed by atoms with Crippen molar-refractivity contribution >= 4 is 0 Å². The lowest BCUT2D eigenvalue weighted by Gasteiger charge is -2.38. The number of nitrogens with two attached hydrogens (primary N) is 1. The first kappa shape index (κ1) is 14.9. The van der Waals surface area contributed by atoms with Crippen LogP contribution >= 0.6 is 0 Å². The molecule has 0 aromatic carbocycles. The Balaban J connectivity index is 2.35. The summed E-state index contributed by atoms with van der Waals surface area (Å²) in [7, 11) is 2.28. The first-order valence-corrected chi connectivity index (χ1v) is 7.21. The molecule has 1 fully saturated rings. The van der Waals surface area contributed by atoms with Crippen LogP contribution in [0.25, 0.3) is 0 Å². The molecule has 17 heavy (non-hydrogen) atoms. The van der Waals surface area contributed by atoms with Crippen molar-refractivity contribution in [3.8, 4) is 0 Å². The molecule has 3 heteroatoms. The summed E-state index contributed by atoms with van der Waals surface area (Å²) in [6, 6.07) is 0.769. The van der Waals surface area contributed by atoms with Gasteiger partial charge in [-0.15, -0.1) is 0 Å². The molecular formula is C14H31N3. The van der Waals surface area contributed by atoms with Crippen molar-refractivity contribution in [2.75, 3.05) is 39.8 Å². The molecule has 3 nitrogen and oxygen atoms in total. The first-order valence-electron chi connectivity index (χ1n) is 7.21. The molecule has 1 atom stereocenters. The van der Waals surface area contributed by atoms with Gasteiger partial charge >= 0.3 is 0 Å². The highest BCUT2D eigenvalue weighted by atomic mass is 15.2. The zero-order valence-electron chi connectivity index (χ0n) is 12.2. The molecule has 0 amide bonds. The van der Waals surface area contributed by atoms with E-state index in [0.29, 0.717) is 11.8 Å². The molecule has 0 aromatic rings. The van der Waals surface area contributed by atoms with E-state index in [0.717, 1.165) is 19.1 Å². The van der Waals surface area contributed by atoms with Crippen LogP contribution < -0.4 is 5.73 Å². The Morgan fingerprint density at radius 1 is 1.29 bits per heavy atom. The molecular weight excluding hydrogens is 210 g/mol. The molecule has 0 bridgehead atoms. The Labute approximate surface area is 107 Å². The van der Waals surface area contributed by atoms with Crippen LogP contribution in [0.3, 0.4) is 0 Å². The van der Waals surface area contributed by atoms with Gasteiger partial charge in [-0.3, -0.25) is 0 Å². The number of piperidine rings is 1. The van der Waals surface area contributed by atoms with Crippen LogP contribution in [-0.4, -0.2) is 55.6 Å². The lowest BCUT2D eigenvalue weighted by Crippen LogP contribution is -2.45. The fraction of sp³-hybridized carbons (Fsp3) is 1.00. The van der Waals surface area contributed by atoms with E-state index in [-0.39, 0.29) is 0 Å². The van der Waals surface area contributed by atoms with E-state index < -0.39 is 0 Å². The standard InChI is InChI=1S/C14H31N3/c1-5-17-8-6-14(7-9-17)16(4)11-13(10-15)12(2)3/h12-14H,5-11,15H2,1-4H3. The van der Waals surface area contributed by atoms with Crippen LogP contribution in [0.4, 0.5) is 0 Å². The average molecular weight is 241 g/mol. The average Bonchev–Trinajstić information content (AvgIpc) is 2.35. The third kappa shape index (κ3) is 4.57. The van der Waals surface area contributed by atoms with Gasteiger partial charge in [0.15, 0.2) is 0 Å². The highest BCUT2D eigenvalue weighted by Crippen LogP contribution is 2.18. The monoisotopic (exact) mass is 241 g/mol. The van der Waals surface area contributed by atoms with Crippen LogP contribution in [0.5, 0.6) is 0 Å². The molecule has 1 aliphatic rings. The van der Waals surface area contributed by atoms with Crippen molar-refractivity contribution in [1.82, 2.24) is 9.80 Å². The van der Waals surface area contributed by atoms with Crippen molar-refractivity contribution in [3.05, 3.63) is 0 Å². The molecule has 1 saturated heterocycles.